The van der Waals surface area contributed by atoms with Crippen molar-refractivity contribution in [3.8, 4) is 11.3 Å². The average molecular weight is 306 g/mol. The maximum Gasteiger partial charge on any atom is 0.0953 e. The van der Waals surface area contributed by atoms with E-state index >= 15 is 0 Å². The highest BCUT2D eigenvalue weighted by molar-refractivity contribution is 9.10. The number of piperidine rings is 1. The van der Waals surface area contributed by atoms with E-state index in [1.807, 2.05) is 12.5 Å². The van der Waals surface area contributed by atoms with Gasteiger partial charge in [0.15, 0.2) is 0 Å². The Morgan fingerprint density at radius 3 is 2.89 bits per heavy atom. The summed E-state index contributed by atoms with van der Waals surface area (Å²) in [5, 5.41) is 3.40. The third-order valence-corrected chi connectivity index (χ3v) is 3.98. The molecule has 2 heterocycles. The minimum Gasteiger partial charge on any atom is -0.327 e. The Labute approximate surface area is 115 Å². The molecule has 1 saturated heterocycles. The molecular formula is C14H16BrN3. The highest BCUT2D eigenvalue weighted by atomic mass is 79.9. The Morgan fingerprint density at radius 1 is 1.28 bits per heavy atom. The molecule has 1 aromatic heterocycles. The molecule has 0 saturated carbocycles. The van der Waals surface area contributed by atoms with Gasteiger partial charge < -0.3 is 9.88 Å². The molecule has 4 heteroatoms. The van der Waals surface area contributed by atoms with E-state index in [0.717, 1.165) is 17.6 Å². The molecule has 0 bridgehead atoms. The number of hydrogen-bond donors (Lipinski definition) is 1. The fraction of sp³-hybridized carbons (Fsp3) is 0.357. The van der Waals surface area contributed by atoms with Gasteiger partial charge in [-0.2, -0.15) is 0 Å². The van der Waals surface area contributed by atoms with Crippen molar-refractivity contribution in [2.24, 2.45) is 0 Å². The topological polar surface area (TPSA) is 29.9 Å². The monoisotopic (exact) mass is 305 g/mol. The molecule has 0 radical (unpaired) electrons. The second-order valence-electron chi connectivity index (χ2n) is 4.68. The Hall–Kier alpha value is -1.13. The summed E-state index contributed by atoms with van der Waals surface area (Å²) in [5.41, 5.74) is 2.43. The third kappa shape index (κ3) is 2.35. The summed E-state index contributed by atoms with van der Waals surface area (Å²) in [6.45, 7) is 2.20. The summed E-state index contributed by atoms with van der Waals surface area (Å²) in [5.74, 6) is 0. The molecule has 94 valence electrons. The molecule has 0 unspecified atom stereocenters. The number of benzene rings is 1. The van der Waals surface area contributed by atoms with Crippen LogP contribution in [0, 0.1) is 0 Å². The van der Waals surface area contributed by atoms with Gasteiger partial charge in [-0.1, -0.05) is 28.1 Å². The van der Waals surface area contributed by atoms with Crippen molar-refractivity contribution < 1.29 is 0 Å². The first-order chi connectivity index (χ1) is 8.84. The van der Waals surface area contributed by atoms with E-state index in [9.17, 15) is 0 Å². The van der Waals surface area contributed by atoms with Crippen LogP contribution in [0.4, 0.5) is 0 Å². The predicted octanol–water partition coefficient (Wildman–Crippen LogP) is 3.24. The average Bonchev–Trinajstić information content (AvgIpc) is 2.89. The molecule has 1 aliphatic heterocycles. The van der Waals surface area contributed by atoms with E-state index in [4.69, 9.17) is 0 Å². The van der Waals surface area contributed by atoms with Crippen LogP contribution >= 0.6 is 15.9 Å². The molecule has 0 atom stereocenters. The first-order valence-corrected chi connectivity index (χ1v) is 7.12. The van der Waals surface area contributed by atoms with Crippen LogP contribution in [0.25, 0.3) is 11.3 Å². The van der Waals surface area contributed by atoms with Crippen LogP contribution < -0.4 is 5.32 Å². The van der Waals surface area contributed by atoms with Crippen molar-refractivity contribution in [2.45, 2.75) is 18.9 Å². The zero-order valence-corrected chi connectivity index (χ0v) is 11.7. The minimum atomic E-state index is 0.572. The van der Waals surface area contributed by atoms with Crippen LogP contribution in [0.5, 0.6) is 0 Å². The summed E-state index contributed by atoms with van der Waals surface area (Å²) in [6.07, 6.45) is 6.28. The standard InChI is InChI=1S/C14H16BrN3/c15-12-3-1-2-11(8-12)14-9-17-10-18(14)13-4-6-16-7-5-13/h1-3,8-10,13,16H,4-7H2. The molecule has 1 aromatic carbocycles. The SMILES string of the molecule is Brc1cccc(-c2cncn2C2CCNCC2)c1. The summed E-state index contributed by atoms with van der Waals surface area (Å²) in [7, 11) is 0. The highest BCUT2D eigenvalue weighted by Crippen LogP contribution is 2.28. The molecule has 1 aliphatic rings. The van der Waals surface area contributed by atoms with Crippen molar-refractivity contribution in [2.75, 3.05) is 13.1 Å². The Kier molecular flexibility index (Phi) is 3.48. The van der Waals surface area contributed by atoms with Crippen molar-refractivity contribution in [1.29, 1.82) is 0 Å². The summed E-state index contributed by atoms with van der Waals surface area (Å²) >= 11 is 3.53. The first-order valence-electron chi connectivity index (χ1n) is 6.33. The van der Waals surface area contributed by atoms with Gasteiger partial charge >= 0.3 is 0 Å². The molecule has 3 nitrogen and oxygen atoms in total. The normalized spacial score (nSPS) is 16.9. The fourth-order valence-corrected chi connectivity index (χ4v) is 2.95. The quantitative estimate of drug-likeness (QED) is 0.923. The van der Waals surface area contributed by atoms with E-state index in [0.29, 0.717) is 6.04 Å². The van der Waals surface area contributed by atoms with Crippen LogP contribution in [0.3, 0.4) is 0 Å². The van der Waals surface area contributed by atoms with Crippen LogP contribution in [-0.4, -0.2) is 22.6 Å². The van der Waals surface area contributed by atoms with E-state index in [1.54, 1.807) is 0 Å². The zero-order valence-electron chi connectivity index (χ0n) is 10.1. The van der Waals surface area contributed by atoms with Gasteiger partial charge in [0.1, 0.15) is 0 Å². The van der Waals surface area contributed by atoms with E-state index in [1.165, 1.54) is 24.1 Å². The van der Waals surface area contributed by atoms with Crippen LogP contribution in [0.1, 0.15) is 18.9 Å². The van der Waals surface area contributed by atoms with Gasteiger partial charge in [-0.15, -0.1) is 0 Å². The summed E-state index contributed by atoms with van der Waals surface area (Å²) in [4.78, 5) is 4.33. The largest absolute Gasteiger partial charge is 0.327 e. The van der Waals surface area contributed by atoms with E-state index in [2.05, 4.69) is 55.1 Å². The van der Waals surface area contributed by atoms with Crippen molar-refractivity contribution in [3.63, 3.8) is 0 Å². The fourth-order valence-electron chi connectivity index (χ4n) is 2.55. The first kappa shape index (κ1) is 11.9. The molecule has 2 aromatic rings. The lowest BCUT2D eigenvalue weighted by molar-refractivity contribution is 0.370. The van der Waals surface area contributed by atoms with Crippen molar-refractivity contribution in [1.82, 2.24) is 14.9 Å². The van der Waals surface area contributed by atoms with Gasteiger partial charge in [0.2, 0.25) is 0 Å². The lowest BCUT2D eigenvalue weighted by Gasteiger charge is -2.25. The third-order valence-electron chi connectivity index (χ3n) is 3.49. The van der Waals surface area contributed by atoms with Gasteiger partial charge in [-0.3, -0.25) is 0 Å². The molecule has 0 spiro atoms. The van der Waals surface area contributed by atoms with Crippen LogP contribution in [0.15, 0.2) is 41.3 Å². The van der Waals surface area contributed by atoms with Gasteiger partial charge in [0.25, 0.3) is 0 Å². The molecule has 0 aliphatic carbocycles. The van der Waals surface area contributed by atoms with E-state index in [-0.39, 0.29) is 0 Å². The lowest BCUT2D eigenvalue weighted by atomic mass is 10.1. The predicted molar refractivity (Wildman–Crippen MR) is 76.5 cm³/mol. The van der Waals surface area contributed by atoms with Crippen LogP contribution in [0.2, 0.25) is 0 Å². The minimum absolute atomic E-state index is 0.572. The molecule has 1 N–H and O–H groups in total. The summed E-state index contributed by atoms with van der Waals surface area (Å²) in [6, 6.07) is 8.98. The Balaban J connectivity index is 1.95. The number of nitrogens with zero attached hydrogens (tertiary/aromatic N) is 2. The second kappa shape index (κ2) is 5.24. The lowest BCUT2D eigenvalue weighted by Crippen LogP contribution is -2.29. The number of rotatable bonds is 2. The molecule has 3 rings (SSSR count). The molecule has 0 amide bonds. The van der Waals surface area contributed by atoms with Gasteiger partial charge in [0, 0.05) is 16.1 Å². The van der Waals surface area contributed by atoms with Crippen LogP contribution in [-0.2, 0) is 0 Å². The molecule has 1 fully saturated rings. The molecule has 18 heavy (non-hydrogen) atoms. The number of nitrogens with one attached hydrogen (secondary N) is 1. The zero-order chi connectivity index (χ0) is 12.4. The second-order valence-corrected chi connectivity index (χ2v) is 5.59. The van der Waals surface area contributed by atoms with Gasteiger partial charge in [-0.05, 0) is 38.1 Å². The summed E-state index contributed by atoms with van der Waals surface area (Å²) < 4.78 is 3.43. The highest BCUT2D eigenvalue weighted by Gasteiger charge is 2.17. The Bertz CT molecular complexity index is 529. The maximum atomic E-state index is 4.33. The van der Waals surface area contributed by atoms with Gasteiger partial charge in [-0.25, -0.2) is 4.98 Å². The van der Waals surface area contributed by atoms with Crippen molar-refractivity contribution >= 4 is 15.9 Å². The number of imidazole rings is 1. The number of halogens is 1. The Morgan fingerprint density at radius 2 is 2.11 bits per heavy atom. The molecular weight excluding hydrogens is 290 g/mol. The van der Waals surface area contributed by atoms with E-state index < -0.39 is 0 Å². The maximum absolute atomic E-state index is 4.33. The van der Waals surface area contributed by atoms with Crippen molar-refractivity contribution in [3.05, 3.63) is 41.3 Å². The number of hydrogen-bond acceptors (Lipinski definition) is 2. The smallest absolute Gasteiger partial charge is 0.0953 e. The van der Waals surface area contributed by atoms with Gasteiger partial charge in [0.05, 0.1) is 18.2 Å². The number of aromatic nitrogens is 2.